The predicted molar refractivity (Wildman–Crippen MR) is 139 cm³/mol. The molecule has 0 bridgehead atoms. The molecule has 0 aliphatic heterocycles. The Morgan fingerprint density at radius 3 is 2.58 bits per heavy atom. The average molecular weight is 519 g/mol. The summed E-state index contributed by atoms with van der Waals surface area (Å²) >= 11 is 0. The highest BCUT2D eigenvalue weighted by molar-refractivity contribution is 6.00. The van der Waals surface area contributed by atoms with E-state index < -0.39 is 17.8 Å². The Labute approximate surface area is 216 Å². The zero-order chi connectivity index (χ0) is 27.0. The molecule has 0 saturated heterocycles. The maximum Gasteiger partial charge on any atom is 0.433 e. The van der Waals surface area contributed by atoms with E-state index in [-0.39, 0.29) is 5.52 Å². The molecule has 38 heavy (non-hydrogen) atoms. The fourth-order valence-corrected chi connectivity index (χ4v) is 4.55. The molecule has 10 heteroatoms. The molecule has 1 amide bonds. The van der Waals surface area contributed by atoms with Gasteiger partial charge in [-0.15, -0.1) is 0 Å². The second-order valence-electron chi connectivity index (χ2n) is 9.13. The van der Waals surface area contributed by atoms with E-state index in [2.05, 4.69) is 15.1 Å². The fourth-order valence-electron chi connectivity index (χ4n) is 4.55. The van der Waals surface area contributed by atoms with Gasteiger partial charge in [0.25, 0.3) is 0 Å². The first-order valence-electron chi connectivity index (χ1n) is 12.1. The van der Waals surface area contributed by atoms with Crippen molar-refractivity contribution in [1.29, 1.82) is 0 Å². The van der Waals surface area contributed by atoms with Crippen LogP contribution in [0.5, 0.6) is 0 Å². The molecule has 0 saturated carbocycles. The maximum absolute atomic E-state index is 14.1. The van der Waals surface area contributed by atoms with E-state index >= 15 is 0 Å². The highest BCUT2D eigenvalue weighted by Crippen LogP contribution is 2.39. The van der Waals surface area contributed by atoms with Crippen LogP contribution >= 0.6 is 0 Å². The SMILES string of the molecule is CCCCc1cc(C(N)=O)ccc1-c1cc(C(F)(F)F)nc2c(-n3cnc(-c4cnn(C)c4)c3)cccc12. The van der Waals surface area contributed by atoms with Gasteiger partial charge in [0.05, 0.1) is 29.4 Å². The number of pyridine rings is 1. The predicted octanol–water partition coefficient (Wildman–Crippen LogP) is 5.95. The first-order chi connectivity index (χ1) is 18.2. The summed E-state index contributed by atoms with van der Waals surface area (Å²) in [5, 5.41) is 4.71. The Balaban J connectivity index is 1.74. The number of hydrogen-bond acceptors (Lipinski definition) is 4. The third kappa shape index (κ3) is 4.77. The van der Waals surface area contributed by atoms with Crippen LogP contribution < -0.4 is 5.73 Å². The molecule has 0 spiro atoms. The second-order valence-corrected chi connectivity index (χ2v) is 9.13. The number of rotatable bonds is 7. The number of amides is 1. The number of alkyl halides is 3. The minimum atomic E-state index is -4.66. The van der Waals surface area contributed by atoms with Crippen molar-refractivity contribution in [2.24, 2.45) is 12.8 Å². The molecule has 0 aliphatic carbocycles. The van der Waals surface area contributed by atoms with E-state index in [1.165, 1.54) is 0 Å². The van der Waals surface area contributed by atoms with Crippen LogP contribution in [0.2, 0.25) is 0 Å². The molecule has 7 nitrogen and oxygen atoms in total. The lowest BCUT2D eigenvalue weighted by Gasteiger charge is -2.17. The Morgan fingerprint density at radius 2 is 1.89 bits per heavy atom. The zero-order valence-corrected chi connectivity index (χ0v) is 20.8. The van der Waals surface area contributed by atoms with E-state index in [0.29, 0.717) is 39.9 Å². The molecule has 5 aromatic rings. The molecule has 2 aromatic carbocycles. The van der Waals surface area contributed by atoms with Gasteiger partial charge in [-0.2, -0.15) is 18.3 Å². The number of carbonyl (C=O) groups is 1. The van der Waals surface area contributed by atoms with E-state index in [1.54, 1.807) is 71.4 Å². The summed E-state index contributed by atoms with van der Waals surface area (Å²) in [7, 11) is 1.79. The number of carbonyl (C=O) groups excluding carboxylic acids is 1. The van der Waals surface area contributed by atoms with Gasteiger partial charge in [0.2, 0.25) is 5.91 Å². The number of fused-ring (bicyclic) bond motifs is 1. The molecular weight excluding hydrogens is 493 g/mol. The number of halogens is 3. The summed E-state index contributed by atoms with van der Waals surface area (Å²) in [6, 6.07) is 11.2. The lowest BCUT2D eigenvalue weighted by atomic mass is 9.91. The first kappa shape index (κ1) is 25.2. The lowest BCUT2D eigenvalue weighted by molar-refractivity contribution is -0.140. The molecule has 2 N–H and O–H groups in total. The topological polar surface area (TPSA) is 91.6 Å². The molecule has 5 rings (SSSR count). The molecule has 0 unspecified atom stereocenters. The average Bonchev–Trinajstić information content (AvgIpc) is 3.55. The summed E-state index contributed by atoms with van der Waals surface area (Å²) in [4.78, 5) is 20.3. The Hall–Kier alpha value is -4.47. The van der Waals surface area contributed by atoms with Gasteiger partial charge in [0.1, 0.15) is 5.69 Å². The van der Waals surface area contributed by atoms with E-state index in [0.717, 1.165) is 30.0 Å². The smallest absolute Gasteiger partial charge is 0.366 e. The minimum Gasteiger partial charge on any atom is -0.366 e. The molecule has 194 valence electrons. The van der Waals surface area contributed by atoms with Crippen molar-refractivity contribution in [3.63, 3.8) is 0 Å². The van der Waals surface area contributed by atoms with Crippen molar-refractivity contribution in [2.75, 3.05) is 0 Å². The number of aryl methyl sites for hydroxylation is 2. The lowest BCUT2D eigenvalue weighted by Crippen LogP contribution is -2.12. The summed E-state index contributed by atoms with van der Waals surface area (Å²) in [6.45, 7) is 2.03. The zero-order valence-electron chi connectivity index (χ0n) is 20.8. The molecule has 3 heterocycles. The number of para-hydroxylation sites is 1. The van der Waals surface area contributed by atoms with E-state index in [1.807, 2.05) is 13.1 Å². The standard InChI is InChI=1S/C28H25F3N6O/c1-3-4-6-17-11-18(27(32)38)9-10-20(17)22-12-25(28(29,30)31)35-26-21(22)7-5-8-24(26)37-15-23(33-16-37)19-13-34-36(2)14-19/h5,7-16H,3-4,6H2,1-2H3,(H2,32,38). The quantitative estimate of drug-likeness (QED) is 0.288. The Morgan fingerprint density at radius 1 is 1.08 bits per heavy atom. The summed E-state index contributed by atoms with van der Waals surface area (Å²) in [5.41, 5.74) is 8.63. The third-order valence-corrected chi connectivity index (χ3v) is 6.45. The number of benzene rings is 2. The molecule has 0 radical (unpaired) electrons. The molecule has 0 aliphatic rings. The van der Waals surface area contributed by atoms with Crippen molar-refractivity contribution < 1.29 is 18.0 Å². The van der Waals surface area contributed by atoms with Crippen LogP contribution in [-0.2, 0) is 19.6 Å². The fraction of sp³-hybridized carbons (Fsp3) is 0.214. The summed E-state index contributed by atoms with van der Waals surface area (Å²) in [5.74, 6) is -0.586. The van der Waals surface area contributed by atoms with Gasteiger partial charge in [0.15, 0.2) is 0 Å². The molecular formula is C28H25F3N6O. The third-order valence-electron chi connectivity index (χ3n) is 6.45. The van der Waals surface area contributed by atoms with Crippen molar-refractivity contribution >= 4 is 16.8 Å². The van der Waals surface area contributed by atoms with E-state index in [4.69, 9.17) is 5.73 Å². The Kier molecular flexibility index (Phi) is 6.48. The number of imidazole rings is 1. The van der Waals surface area contributed by atoms with Crippen LogP contribution in [0.3, 0.4) is 0 Å². The van der Waals surface area contributed by atoms with Gasteiger partial charge in [-0.3, -0.25) is 9.48 Å². The van der Waals surface area contributed by atoms with Crippen molar-refractivity contribution in [3.8, 4) is 28.1 Å². The maximum atomic E-state index is 14.1. The van der Waals surface area contributed by atoms with Crippen LogP contribution in [0.4, 0.5) is 13.2 Å². The monoisotopic (exact) mass is 518 g/mol. The van der Waals surface area contributed by atoms with Crippen molar-refractivity contribution in [3.05, 3.63) is 84.2 Å². The number of aromatic nitrogens is 5. The number of nitrogens with two attached hydrogens (primary N) is 1. The largest absolute Gasteiger partial charge is 0.433 e. The highest BCUT2D eigenvalue weighted by Gasteiger charge is 2.34. The number of unbranched alkanes of at least 4 members (excludes halogenated alkanes) is 1. The normalized spacial score (nSPS) is 11.8. The van der Waals surface area contributed by atoms with Crippen LogP contribution in [0.1, 0.15) is 41.4 Å². The minimum absolute atomic E-state index is 0.188. The van der Waals surface area contributed by atoms with Gasteiger partial charge < -0.3 is 10.3 Å². The first-order valence-corrected chi connectivity index (χ1v) is 12.1. The second kappa shape index (κ2) is 9.77. The number of hydrogen-bond donors (Lipinski definition) is 1. The van der Waals surface area contributed by atoms with Crippen LogP contribution in [0.15, 0.2) is 67.4 Å². The van der Waals surface area contributed by atoms with Gasteiger partial charge in [-0.05, 0) is 53.8 Å². The number of primary amides is 1. The van der Waals surface area contributed by atoms with Crippen LogP contribution in [0, 0.1) is 0 Å². The van der Waals surface area contributed by atoms with Gasteiger partial charge in [-0.1, -0.05) is 31.5 Å². The summed E-state index contributed by atoms with van der Waals surface area (Å²) < 4.78 is 45.6. The van der Waals surface area contributed by atoms with Gasteiger partial charge in [0, 0.05) is 36.0 Å². The summed E-state index contributed by atoms with van der Waals surface area (Å²) in [6.07, 6.45) is 4.38. The van der Waals surface area contributed by atoms with Gasteiger partial charge >= 0.3 is 6.18 Å². The van der Waals surface area contributed by atoms with Crippen molar-refractivity contribution in [1.82, 2.24) is 24.3 Å². The van der Waals surface area contributed by atoms with Gasteiger partial charge in [-0.25, -0.2) is 9.97 Å². The van der Waals surface area contributed by atoms with E-state index in [9.17, 15) is 18.0 Å². The highest BCUT2D eigenvalue weighted by atomic mass is 19.4. The molecule has 0 atom stereocenters. The van der Waals surface area contributed by atoms with Crippen LogP contribution in [0.25, 0.3) is 39.0 Å². The molecule has 3 aromatic heterocycles. The van der Waals surface area contributed by atoms with Crippen molar-refractivity contribution in [2.45, 2.75) is 32.4 Å². The number of nitrogens with zero attached hydrogens (tertiary/aromatic N) is 5. The van der Waals surface area contributed by atoms with Crippen LogP contribution in [-0.4, -0.2) is 30.2 Å². The molecule has 0 fully saturated rings. The Bertz CT molecular complexity index is 1650.